The number of aromatic hydroxyl groups is 2. The Balaban J connectivity index is 1.89. The molecule has 3 aromatic rings. The monoisotopic (exact) mass is 456 g/mol. The molecule has 0 aliphatic carbocycles. The maximum absolute atomic E-state index is 10.8. The van der Waals surface area contributed by atoms with Crippen LogP contribution in [0.15, 0.2) is 76.7 Å². The lowest BCUT2D eigenvalue weighted by molar-refractivity contribution is 0.445. The third-order valence-electron chi connectivity index (χ3n) is 5.84. The maximum atomic E-state index is 10.8. The van der Waals surface area contributed by atoms with Gasteiger partial charge in [0.05, 0.1) is 12.6 Å². The predicted molar refractivity (Wildman–Crippen MR) is 143 cm³/mol. The van der Waals surface area contributed by atoms with Gasteiger partial charge in [-0.05, 0) is 39.7 Å². The molecule has 0 radical (unpaired) electrons. The van der Waals surface area contributed by atoms with Gasteiger partial charge in [0.25, 0.3) is 0 Å². The number of hydrogen-bond acceptors (Lipinski definition) is 4. The van der Waals surface area contributed by atoms with E-state index in [0.29, 0.717) is 17.7 Å². The topological polar surface area (TPSA) is 65.2 Å². The number of rotatable bonds is 6. The van der Waals surface area contributed by atoms with E-state index in [4.69, 9.17) is 4.99 Å². The van der Waals surface area contributed by atoms with E-state index in [0.717, 1.165) is 16.7 Å². The molecule has 0 saturated heterocycles. The highest BCUT2D eigenvalue weighted by Gasteiger charge is 2.20. The van der Waals surface area contributed by atoms with Crippen molar-refractivity contribution in [3.05, 3.63) is 94.5 Å². The van der Waals surface area contributed by atoms with Gasteiger partial charge in [-0.1, -0.05) is 96.1 Å². The van der Waals surface area contributed by atoms with E-state index in [2.05, 4.69) is 46.5 Å². The van der Waals surface area contributed by atoms with Gasteiger partial charge in [0.2, 0.25) is 0 Å². The second-order valence-electron chi connectivity index (χ2n) is 10.7. The highest BCUT2D eigenvalue weighted by molar-refractivity contribution is 5.85. The smallest absolute Gasteiger partial charge is 0.128 e. The van der Waals surface area contributed by atoms with Gasteiger partial charge in [-0.25, -0.2) is 0 Å². The van der Waals surface area contributed by atoms with Gasteiger partial charge in [0.1, 0.15) is 11.5 Å². The number of aliphatic imine (C=N–C) groups is 2. The van der Waals surface area contributed by atoms with E-state index in [-0.39, 0.29) is 28.4 Å². The SMILES string of the molecule is CC(C)(C)c1cccc(C=NC[C@@H](N=Cc2cccc(C(C)(C)C)c2O)c2ccccc2)c1O. The molecule has 34 heavy (non-hydrogen) atoms. The zero-order valence-electron chi connectivity index (χ0n) is 21.1. The summed E-state index contributed by atoms with van der Waals surface area (Å²) < 4.78 is 0. The van der Waals surface area contributed by atoms with E-state index in [1.54, 1.807) is 12.4 Å². The van der Waals surface area contributed by atoms with Gasteiger partial charge >= 0.3 is 0 Å². The number of nitrogens with zero attached hydrogens (tertiary/aromatic N) is 2. The standard InChI is InChI=1S/C30H36N2O2/c1-29(2,3)24-16-10-14-22(27(24)33)18-31-20-26(21-12-8-7-9-13-21)32-19-23-15-11-17-25(28(23)34)30(4,5)6/h7-19,26,33-34H,20H2,1-6H3/t26-/m1/s1. The van der Waals surface area contributed by atoms with E-state index >= 15 is 0 Å². The Morgan fingerprint density at radius 1 is 0.676 bits per heavy atom. The Morgan fingerprint density at radius 2 is 1.18 bits per heavy atom. The van der Waals surface area contributed by atoms with Crippen molar-refractivity contribution in [2.45, 2.75) is 58.4 Å². The van der Waals surface area contributed by atoms with Crippen molar-refractivity contribution in [2.24, 2.45) is 9.98 Å². The largest absolute Gasteiger partial charge is 0.507 e. The molecule has 0 aromatic heterocycles. The van der Waals surface area contributed by atoms with Crippen molar-refractivity contribution in [2.75, 3.05) is 6.54 Å². The Kier molecular flexibility index (Phi) is 7.61. The van der Waals surface area contributed by atoms with Gasteiger partial charge in [-0.15, -0.1) is 0 Å². The minimum atomic E-state index is -0.219. The van der Waals surface area contributed by atoms with Crippen LogP contribution < -0.4 is 0 Å². The molecule has 2 N–H and O–H groups in total. The fourth-order valence-electron chi connectivity index (χ4n) is 3.88. The Bertz CT molecular complexity index is 1170. The highest BCUT2D eigenvalue weighted by atomic mass is 16.3. The summed E-state index contributed by atoms with van der Waals surface area (Å²) in [6.07, 6.45) is 3.45. The summed E-state index contributed by atoms with van der Waals surface area (Å²) in [5.41, 5.74) is 3.87. The summed E-state index contributed by atoms with van der Waals surface area (Å²) >= 11 is 0. The second kappa shape index (κ2) is 10.3. The van der Waals surface area contributed by atoms with Gasteiger partial charge in [-0.2, -0.15) is 0 Å². The van der Waals surface area contributed by atoms with Crippen LogP contribution in [0.1, 0.15) is 75.4 Å². The fourth-order valence-corrected chi connectivity index (χ4v) is 3.88. The first kappa shape index (κ1) is 25.2. The molecule has 3 rings (SSSR count). The zero-order chi connectivity index (χ0) is 24.9. The van der Waals surface area contributed by atoms with E-state index < -0.39 is 0 Å². The fraction of sp³-hybridized carbons (Fsp3) is 0.333. The number of phenols is 2. The highest BCUT2D eigenvalue weighted by Crippen LogP contribution is 2.33. The molecule has 0 heterocycles. The molecule has 0 bridgehead atoms. The first-order valence-electron chi connectivity index (χ1n) is 11.7. The molecule has 4 nitrogen and oxygen atoms in total. The van der Waals surface area contributed by atoms with Crippen LogP contribution in [0.3, 0.4) is 0 Å². The number of phenolic OH excluding ortho intramolecular Hbond substituents is 2. The van der Waals surface area contributed by atoms with Gasteiger partial charge in [0, 0.05) is 23.6 Å². The van der Waals surface area contributed by atoms with Crippen LogP contribution in [0.5, 0.6) is 11.5 Å². The summed E-state index contributed by atoms with van der Waals surface area (Å²) in [5.74, 6) is 0.528. The third-order valence-corrected chi connectivity index (χ3v) is 5.84. The van der Waals surface area contributed by atoms with Crippen molar-refractivity contribution in [1.29, 1.82) is 0 Å². The molecule has 0 spiro atoms. The van der Waals surface area contributed by atoms with Crippen molar-refractivity contribution < 1.29 is 10.2 Å². The Labute approximate surface area is 203 Å². The van der Waals surface area contributed by atoms with Crippen LogP contribution >= 0.6 is 0 Å². The minimum Gasteiger partial charge on any atom is -0.507 e. The number of para-hydroxylation sites is 2. The lowest BCUT2D eigenvalue weighted by atomic mass is 9.85. The second-order valence-corrected chi connectivity index (χ2v) is 10.7. The van der Waals surface area contributed by atoms with E-state index in [9.17, 15) is 10.2 Å². The molecule has 0 aliphatic heterocycles. The Morgan fingerprint density at radius 3 is 1.68 bits per heavy atom. The van der Waals surface area contributed by atoms with Crippen LogP contribution in [0, 0.1) is 0 Å². The molecule has 178 valence electrons. The lowest BCUT2D eigenvalue weighted by Gasteiger charge is -2.21. The van der Waals surface area contributed by atoms with Gasteiger partial charge in [-0.3, -0.25) is 9.98 Å². The summed E-state index contributed by atoms with van der Waals surface area (Å²) in [7, 11) is 0. The van der Waals surface area contributed by atoms with Crippen molar-refractivity contribution in [3.63, 3.8) is 0 Å². The summed E-state index contributed by atoms with van der Waals surface area (Å²) in [6.45, 7) is 12.9. The van der Waals surface area contributed by atoms with Crippen molar-refractivity contribution >= 4 is 12.4 Å². The third kappa shape index (κ3) is 6.13. The van der Waals surface area contributed by atoms with Crippen molar-refractivity contribution in [1.82, 2.24) is 0 Å². The average molecular weight is 457 g/mol. The van der Waals surface area contributed by atoms with Crippen molar-refractivity contribution in [3.8, 4) is 11.5 Å². The lowest BCUT2D eigenvalue weighted by Crippen LogP contribution is -2.12. The molecule has 0 amide bonds. The van der Waals surface area contributed by atoms with Crippen LogP contribution in [0.2, 0.25) is 0 Å². The zero-order valence-corrected chi connectivity index (χ0v) is 21.1. The molecule has 0 saturated carbocycles. The number of hydrogen-bond donors (Lipinski definition) is 2. The predicted octanol–water partition coefficient (Wildman–Crippen LogP) is 6.97. The molecular formula is C30H36N2O2. The molecule has 0 unspecified atom stereocenters. The summed E-state index contributed by atoms with van der Waals surface area (Å²) in [4.78, 5) is 9.43. The van der Waals surface area contributed by atoms with E-state index in [1.165, 1.54) is 0 Å². The molecular weight excluding hydrogens is 420 g/mol. The van der Waals surface area contributed by atoms with Crippen LogP contribution in [0.25, 0.3) is 0 Å². The molecule has 0 fully saturated rings. The molecule has 1 atom stereocenters. The van der Waals surface area contributed by atoms with Gasteiger partial charge < -0.3 is 10.2 Å². The Hall–Kier alpha value is -3.40. The molecule has 3 aromatic carbocycles. The maximum Gasteiger partial charge on any atom is 0.128 e. The molecule has 4 heteroatoms. The van der Waals surface area contributed by atoms with Crippen LogP contribution in [0.4, 0.5) is 0 Å². The normalized spacial score (nSPS) is 13.6. The van der Waals surface area contributed by atoms with Crippen LogP contribution in [-0.2, 0) is 10.8 Å². The first-order chi connectivity index (χ1) is 16.0. The average Bonchev–Trinajstić information content (AvgIpc) is 2.77. The van der Waals surface area contributed by atoms with Crippen LogP contribution in [-0.4, -0.2) is 29.2 Å². The minimum absolute atomic E-state index is 0.158. The quantitative estimate of drug-likeness (QED) is 0.393. The van der Waals surface area contributed by atoms with E-state index in [1.807, 2.05) is 66.7 Å². The first-order valence-corrected chi connectivity index (χ1v) is 11.7. The summed E-state index contributed by atoms with van der Waals surface area (Å²) in [5, 5.41) is 21.5. The molecule has 0 aliphatic rings. The van der Waals surface area contributed by atoms with Gasteiger partial charge in [0.15, 0.2) is 0 Å². The summed E-state index contributed by atoms with van der Waals surface area (Å²) in [6, 6.07) is 21.3. The number of benzene rings is 3.